The highest BCUT2D eigenvalue weighted by atomic mass is 16.5. The van der Waals surface area contributed by atoms with Crippen LogP contribution in [0.3, 0.4) is 0 Å². The topological polar surface area (TPSA) is 59.9 Å². The first-order valence-electron chi connectivity index (χ1n) is 7.85. The zero-order valence-electron chi connectivity index (χ0n) is 13.7. The number of hydrogen-bond acceptors (Lipinski definition) is 3. The number of benzene rings is 1. The molecule has 0 radical (unpaired) electrons. The summed E-state index contributed by atoms with van der Waals surface area (Å²) in [5, 5.41) is 1.16. The number of methoxy groups -OCH3 is 1. The van der Waals surface area contributed by atoms with Gasteiger partial charge in [0.25, 0.3) is 5.56 Å². The van der Waals surface area contributed by atoms with Crippen LogP contribution in [0.1, 0.15) is 37.6 Å². The summed E-state index contributed by atoms with van der Waals surface area (Å²) in [6, 6.07) is 10.2. The summed E-state index contributed by atoms with van der Waals surface area (Å²) >= 11 is 0. The first-order chi connectivity index (χ1) is 11.1. The van der Waals surface area contributed by atoms with E-state index < -0.39 is 0 Å². The minimum absolute atomic E-state index is 0.106. The second-order valence-electron chi connectivity index (χ2n) is 5.75. The molecule has 0 aliphatic rings. The van der Waals surface area contributed by atoms with Crippen LogP contribution in [0, 0.1) is 0 Å². The molecule has 1 N–H and O–H groups in total. The second-order valence-corrected chi connectivity index (χ2v) is 5.75. The van der Waals surface area contributed by atoms with Crippen LogP contribution in [0.15, 0.2) is 41.3 Å². The smallest absolute Gasteiger partial charge is 0.270 e. The molecule has 120 valence electrons. The van der Waals surface area contributed by atoms with Crippen LogP contribution in [-0.4, -0.2) is 21.6 Å². The van der Waals surface area contributed by atoms with E-state index in [1.807, 2.05) is 32.2 Å². The van der Waals surface area contributed by atoms with E-state index in [1.54, 1.807) is 7.11 Å². The van der Waals surface area contributed by atoms with Crippen LogP contribution in [0.25, 0.3) is 10.9 Å². The van der Waals surface area contributed by atoms with Crippen molar-refractivity contribution in [2.45, 2.75) is 32.7 Å². The zero-order chi connectivity index (χ0) is 16.4. The summed E-state index contributed by atoms with van der Waals surface area (Å²) in [7, 11) is 1.58. The molecule has 0 saturated heterocycles. The number of rotatable bonds is 5. The molecule has 2 aromatic heterocycles. The van der Waals surface area contributed by atoms with E-state index in [0.717, 1.165) is 17.3 Å². The van der Waals surface area contributed by atoms with Crippen LogP contribution in [0.4, 0.5) is 0 Å². The van der Waals surface area contributed by atoms with Crippen LogP contribution >= 0.6 is 0 Å². The molecular formula is C18H21N3O2. The number of para-hydroxylation sites is 1. The second kappa shape index (κ2) is 6.28. The van der Waals surface area contributed by atoms with Gasteiger partial charge in [0.2, 0.25) is 5.88 Å². The minimum atomic E-state index is -0.133. The van der Waals surface area contributed by atoms with Crippen LogP contribution < -0.4 is 10.3 Å². The van der Waals surface area contributed by atoms with Gasteiger partial charge in [-0.25, -0.2) is 4.98 Å². The predicted molar refractivity (Wildman–Crippen MR) is 91.2 cm³/mol. The summed E-state index contributed by atoms with van der Waals surface area (Å²) in [6.45, 7) is 4.55. The summed E-state index contributed by atoms with van der Waals surface area (Å²) in [4.78, 5) is 19.7. The van der Waals surface area contributed by atoms with Crippen molar-refractivity contribution in [2.24, 2.45) is 0 Å². The lowest BCUT2D eigenvalue weighted by molar-refractivity contribution is 0.383. The van der Waals surface area contributed by atoms with Gasteiger partial charge in [0.1, 0.15) is 11.4 Å². The van der Waals surface area contributed by atoms with Gasteiger partial charge in [-0.1, -0.05) is 32.0 Å². The fourth-order valence-electron chi connectivity index (χ4n) is 2.73. The molecule has 0 aliphatic carbocycles. The van der Waals surface area contributed by atoms with Crippen LogP contribution in [0.5, 0.6) is 5.88 Å². The molecule has 1 unspecified atom stereocenters. The molecule has 0 saturated carbocycles. The zero-order valence-corrected chi connectivity index (χ0v) is 13.7. The number of H-pyrrole nitrogens is 1. The molecule has 0 amide bonds. The van der Waals surface area contributed by atoms with Gasteiger partial charge < -0.3 is 14.3 Å². The quantitative estimate of drug-likeness (QED) is 0.786. The van der Waals surface area contributed by atoms with Crippen molar-refractivity contribution in [1.82, 2.24) is 14.5 Å². The van der Waals surface area contributed by atoms with Crippen molar-refractivity contribution in [2.75, 3.05) is 7.11 Å². The maximum absolute atomic E-state index is 12.3. The van der Waals surface area contributed by atoms with Crippen LogP contribution in [-0.2, 0) is 6.54 Å². The highest BCUT2D eigenvalue weighted by Crippen LogP contribution is 2.21. The maximum Gasteiger partial charge on any atom is 0.270 e. The average molecular weight is 311 g/mol. The van der Waals surface area contributed by atoms with Crippen molar-refractivity contribution < 1.29 is 4.74 Å². The van der Waals surface area contributed by atoms with Gasteiger partial charge in [-0.15, -0.1) is 0 Å². The summed E-state index contributed by atoms with van der Waals surface area (Å²) < 4.78 is 7.48. The van der Waals surface area contributed by atoms with E-state index >= 15 is 0 Å². The highest BCUT2D eigenvalue weighted by Gasteiger charge is 2.16. The Kier molecular flexibility index (Phi) is 4.19. The Morgan fingerprint density at radius 1 is 1.30 bits per heavy atom. The van der Waals surface area contributed by atoms with Gasteiger partial charge in [-0.2, -0.15) is 0 Å². The van der Waals surface area contributed by atoms with Crippen molar-refractivity contribution in [3.05, 3.63) is 58.3 Å². The Labute approximate surface area is 134 Å². The van der Waals surface area contributed by atoms with Gasteiger partial charge >= 0.3 is 0 Å². The normalized spacial score (nSPS) is 12.5. The molecule has 2 heterocycles. The summed E-state index contributed by atoms with van der Waals surface area (Å²) in [5.74, 6) is 0.590. The number of ether oxygens (including phenoxy) is 1. The molecule has 3 aromatic rings. The monoisotopic (exact) mass is 311 g/mol. The Bertz CT molecular complexity index is 879. The Morgan fingerprint density at radius 2 is 2.09 bits per heavy atom. The van der Waals surface area contributed by atoms with E-state index in [1.165, 1.54) is 0 Å². The SMILES string of the molecule is CCC(C)c1nc(OC)c(Cn2ccc3ccccc32)[nH]c1=O. The van der Waals surface area contributed by atoms with E-state index in [9.17, 15) is 4.79 Å². The van der Waals surface area contributed by atoms with E-state index in [0.29, 0.717) is 23.8 Å². The van der Waals surface area contributed by atoms with Crippen molar-refractivity contribution in [1.29, 1.82) is 0 Å². The third kappa shape index (κ3) is 2.86. The largest absolute Gasteiger partial charge is 0.480 e. The van der Waals surface area contributed by atoms with E-state index in [2.05, 4.69) is 32.7 Å². The molecular weight excluding hydrogens is 290 g/mol. The number of hydrogen-bond donors (Lipinski definition) is 1. The minimum Gasteiger partial charge on any atom is -0.480 e. The van der Waals surface area contributed by atoms with Crippen molar-refractivity contribution >= 4 is 10.9 Å². The number of nitrogens with one attached hydrogen (secondary N) is 1. The van der Waals surface area contributed by atoms with E-state index in [4.69, 9.17) is 4.74 Å². The molecule has 5 nitrogen and oxygen atoms in total. The number of fused-ring (bicyclic) bond motifs is 1. The lowest BCUT2D eigenvalue weighted by Gasteiger charge is -2.13. The van der Waals surface area contributed by atoms with Gasteiger partial charge in [-0.05, 0) is 23.9 Å². The predicted octanol–water partition coefficient (Wildman–Crippen LogP) is 3.30. The van der Waals surface area contributed by atoms with Crippen molar-refractivity contribution in [3.63, 3.8) is 0 Å². The Hall–Kier alpha value is -2.56. The number of aromatic amines is 1. The standard InChI is InChI=1S/C18H21N3O2/c1-4-12(2)16-17(22)19-14(18(20-16)23-3)11-21-10-9-13-7-5-6-8-15(13)21/h5-10,12H,4,11H2,1-3H3,(H,19,22). The highest BCUT2D eigenvalue weighted by molar-refractivity contribution is 5.80. The third-order valence-corrected chi connectivity index (χ3v) is 4.26. The van der Waals surface area contributed by atoms with Gasteiger partial charge in [0, 0.05) is 17.6 Å². The van der Waals surface area contributed by atoms with Gasteiger partial charge in [0.15, 0.2) is 0 Å². The average Bonchev–Trinajstić information content (AvgIpc) is 2.98. The van der Waals surface area contributed by atoms with Gasteiger partial charge in [0.05, 0.1) is 13.7 Å². The molecule has 23 heavy (non-hydrogen) atoms. The molecule has 1 atom stereocenters. The molecule has 3 rings (SSSR count). The Morgan fingerprint density at radius 3 is 2.83 bits per heavy atom. The number of nitrogens with zero attached hydrogens (tertiary/aromatic N) is 2. The summed E-state index contributed by atoms with van der Waals surface area (Å²) in [5.41, 5.74) is 2.20. The third-order valence-electron chi connectivity index (χ3n) is 4.26. The first kappa shape index (κ1) is 15.3. The fraction of sp³-hybridized carbons (Fsp3) is 0.333. The Balaban J connectivity index is 2.03. The molecule has 0 aliphatic heterocycles. The van der Waals surface area contributed by atoms with Crippen LogP contribution in [0.2, 0.25) is 0 Å². The molecule has 0 spiro atoms. The first-order valence-corrected chi connectivity index (χ1v) is 7.85. The maximum atomic E-state index is 12.3. The molecule has 1 aromatic carbocycles. The molecule has 0 fully saturated rings. The van der Waals surface area contributed by atoms with Crippen molar-refractivity contribution in [3.8, 4) is 5.88 Å². The lowest BCUT2D eigenvalue weighted by atomic mass is 10.1. The fourth-order valence-corrected chi connectivity index (χ4v) is 2.73. The van der Waals surface area contributed by atoms with Gasteiger partial charge in [-0.3, -0.25) is 4.79 Å². The molecule has 5 heteroatoms. The number of aromatic nitrogens is 3. The molecule has 0 bridgehead atoms. The van der Waals surface area contributed by atoms with E-state index in [-0.39, 0.29) is 11.5 Å². The summed E-state index contributed by atoms with van der Waals surface area (Å²) in [6.07, 6.45) is 2.87. The lowest BCUT2D eigenvalue weighted by Crippen LogP contribution is -2.21.